The van der Waals surface area contributed by atoms with Gasteiger partial charge in [0.2, 0.25) is 5.91 Å². The molecule has 0 heterocycles. The number of carbonyl (C=O) groups excluding carboxylic acids is 2. The Morgan fingerprint density at radius 3 is 2.25 bits per heavy atom. The first-order valence-corrected chi connectivity index (χ1v) is 6.25. The zero-order valence-corrected chi connectivity index (χ0v) is 12.0. The van der Waals surface area contributed by atoms with Crippen molar-refractivity contribution in [2.75, 3.05) is 0 Å². The maximum Gasteiger partial charge on any atom is 0.252 e. The van der Waals surface area contributed by atoms with Crippen LogP contribution >= 0.6 is 0 Å². The fourth-order valence-electron chi connectivity index (χ4n) is 0.943. The maximum absolute atomic E-state index is 11.0. The minimum atomic E-state index is -0.785. The van der Waals surface area contributed by atoms with Gasteiger partial charge in [-0.25, -0.2) is 10.9 Å². The summed E-state index contributed by atoms with van der Waals surface area (Å²) in [4.78, 5) is 21.6. The maximum atomic E-state index is 11.0. The van der Waals surface area contributed by atoms with Crippen LogP contribution < -0.4 is 10.9 Å². The lowest BCUT2D eigenvalue weighted by atomic mass is 10.2. The second-order valence-electron chi connectivity index (χ2n) is 4.65. The number of nitrogens with one attached hydrogen (secondary N) is 2. The van der Waals surface area contributed by atoms with Gasteiger partial charge in [-0.1, -0.05) is 51.1 Å². The Hall–Kier alpha value is -2.21. The molecule has 0 aliphatic carbocycles. The van der Waals surface area contributed by atoms with E-state index in [4.69, 9.17) is 5.21 Å². The van der Waals surface area contributed by atoms with Crippen LogP contribution in [-0.2, 0) is 9.59 Å². The lowest BCUT2D eigenvalue weighted by Crippen LogP contribution is -2.27. The summed E-state index contributed by atoms with van der Waals surface area (Å²) in [6.45, 7) is 6.50. The SMILES string of the molecule is CC(C)C.O=C(CC(=O)N/N=C/c1ccccc1)NO. The summed E-state index contributed by atoms with van der Waals surface area (Å²) in [5.74, 6) is -0.550. The molecule has 0 spiro atoms. The summed E-state index contributed by atoms with van der Waals surface area (Å²) < 4.78 is 0. The summed E-state index contributed by atoms with van der Waals surface area (Å²) in [6, 6.07) is 9.17. The fraction of sp³-hybridized carbons (Fsp3) is 0.357. The predicted molar refractivity (Wildman–Crippen MR) is 77.2 cm³/mol. The molecule has 3 N–H and O–H groups in total. The van der Waals surface area contributed by atoms with Gasteiger partial charge in [-0.15, -0.1) is 0 Å². The average Bonchev–Trinajstić information content (AvgIpc) is 2.39. The summed E-state index contributed by atoms with van der Waals surface area (Å²) in [5, 5.41) is 11.8. The molecule has 6 heteroatoms. The van der Waals surface area contributed by atoms with E-state index in [0.717, 1.165) is 11.5 Å². The van der Waals surface area contributed by atoms with Gasteiger partial charge in [0.15, 0.2) is 0 Å². The number of amides is 2. The number of carbonyl (C=O) groups is 2. The molecule has 110 valence electrons. The van der Waals surface area contributed by atoms with Gasteiger partial charge >= 0.3 is 0 Å². The molecule has 1 aromatic carbocycles. The lowest BCUT2D eigenvalue weighted by molar-refractivity contribution is -0.134. The molecule has 20 heavy (non-hydrogen) atoms. The molecule has 0 saturated carbocycles. The molecular formula is C14H21N3O3. The molecular weight excluding hydrogens is 258 g/mol. The van der Waals surface area contributed by atoms with E-state index in [1.165, 1.54) is 11.7 Å². The first-order chi connectivity index (χ1) is 9.45. The van der Waals surface area contributed by atoms with Crippen LogP contribution in [0.25, 0.3) is 0 Å². The zero-order chi connectivity index (χ0) is 15.4. The molecule has 0 aliphatic rings. The van der Waals surface area contributed by atoms with Gasteiger partial charge in [0.25, 0.3) is 5.91 Å². The molecule has 0 unspecified atom stereocenters. The van der Waals surface area contributed by atoms with Crippen LogP contribution in [0.2, 0.25) is 0 Å². The largest absolute Gasteiger partial charge is 0.289 e. The summed E-state index contributed by atoms with van der Waals surface area (Å²) in [6.07, 6.45) is 0.984. The number of hydrogen-bond donors (Lipinski definition) is 3. The van der Waals surface area contributed by atoms with Crippen LogP contribution in [0, 0.1) is 5.92 Å². The average molecular weight is 279 g/mol. The Morgan fingerprint density at radius 1 is 1.20 bits per heavy atom. The molecule has 0 aliphatic heterocycles. The minimum Gasteiger partial charge on any atom is -0.289 e. The number of nitrogens with zero attached hydrogens (tertiary/aromatic N) is 1. The second kappa shape index (κ2) is 10.7. The first-order valence-electron chi connectivity index (χ1n) is 6.25. The van der Waals surface area contributed by atoms with Crippen molar-refractivity contribution in [3.05, 3.63) is 35.9 Å². The Bertz CT molecular complexity index is 428. The van der Waals surface area contributed by atoms with Crippen molar-refractivity contribution in [2.24, 2.45) is 11.0 Å². The molecule has 2 amide bonds. The van der Waals surface area contributed by atoms with Gasteiger partial charge in [0, 0.05) is 0 Å². The standard InChI is InChI=1S/C10H11N3O3.C4H10/c14-9(6-10(15)13-16)12-11-7-8-4-2-1-3-5-8;1-4(2)3/h1-5,7,16H,6H2,(H,12,14)(H,13,15);4H,1-3H3/b11-7+;. The normalized spacial score (nSPS) is 9.85. The van der Waals surface area contributed by atoms with Gasteiger partial charge in [-0.3, -0.25) is 14.8 Å². The van der Waals surface area contributed by atoms with Crippen molar-refractivity contribution < 1.29 is 14.8 Å². The quantitative estimate of drug-likeness (QED) is 0.339. The zero-order valence-electron chi connectivity index (χ0n) is 12.0. The van der Waals surface area contributed by atoms with Gasteiger partial charge in [0.1, 0.15) is 6.42 Å². The highest BCUT2D eigenvalue weighted by Crippen LogP contribution is 1.93. The fourth-order valence-corrected chi connectivity index (χ4v) is 0.943. The Balaban J connectivity index is 0.000000796. The third-order valence-corrected chi connectivity index (χ3v) is 1.65. The van der Waals surface area contributed by atoms with Crippen LogP contribution in [-0.4, -0.2) is 23.2 Å². The third kappa shape index (κ3) is 10.9. The van der Waals surface area contributed by atoms with Crippen molar-refractivity contribution in [2.45, 2.75) is 27.2 Å². The highest BCUT2D eigenvalue weighted by Gasteiger charge is 2.06. The molecule has 0 saturated heterocycles. The second-order valence-corrected chi connectivity index (χ2v) is 4.65. The van der Waals surface area contributed by atoms with Crippen LogP contribution in [0.4, 0.5) is 0 Å². The molecule has 0 radical (unpaired) electrons. The predicted octanol–water partition coefficient (Wildman–Crippen LogP) is 1.69. The van der Waals surface area contributed by atoms with Crippen LogP contribution in [0.15, 0.2) is 35.4 Å². The highest BCUT2D eigenvalue weighted by atomic mass is 16.5. The lowest BCUT2D eigenvalue weighted by Gasteiger charge is -1.97. The molecule has 6 nitrogen and oxygen atoms in total. The van der Waals surface area contributed by atoms with Crippen molar-refractivity contribution in [3.8, 4) is 0 Å². The minimum absolute atomic E-state index is 0.470. The summed E-state index contributed by atoms with van der Waals surface area (Å²) in [5.41, 5.74) is 4.34. The Kier molecular flexibility index (Phi) is 9.51. The van der Waals surface area contributed by atoms with E-state index in [2.05, 4.69) is 31.3 Å². The first kappa shape index (κ1) is 17.8. The summed E-state index contributed by atoms with van der Waals surface area (Å²) in [7, 11) is 0. The molecule has 0 bridgehead atoms. The highest BCUT2D eigenvalue weighted by molar-refractivity contribution is 5.96. The van der Waals surface area contributed by atoms with E-state index in [1.54, 1.807) is 0 Å². The summed E-state index contributed by atoms with van der Waals surface area (Å²) >= 11 is 0. The monoisotopic (exact) mass is 279 g/mol. The van der Waals surface area contributed by atoms with Crippen molar-refractivity contribution in [1.29, 1.82) is 0 Å². The Morgan fingerprint density at radius 2 is 1.75 bits per heavy atom. The number of rotatable bonds is 4. The van der Waals surface area contributed by atoms with Crippen LogP contribution in [0.1, 0.15) is 32.8 Å². The van der Waals surface area contributed by atoms with Gasteiger partial charge < -0.3 is 0 Å². The van der Waals surface area contributed by atoms with E-state index in [1.807, 2.05) is 30.3 Å². The smallest absolute Gasteiger partial charge is 0.252 e. The van der Waals surface area contributed by atoms with Crippen LogP contribution in [0.3, 0.4) is 0 Å². The number of benzene rings is 1. The topological polar surface area (TPSA) is 90.8 Å². The van der Waals surface area contributed by atoms with E-state index in [-0.39, 0.29) is 0 Å². The number of hydroxylamine groups is 1. The number of hydrogen-bond acceptors (Lipinski definition) is 4. The Labute approximate surface area is 118 Å². The van der Waals surface area contributed by atoms with Crippen LogP contribution in [0.5, 0.6) is 0 Å². The van der Waals surface area contributed by atoms with Gasteiger partial charge in [-0.05, 0) is 11.5 Å². The van der Waals surface area contributed by atoms with Crippen molar-refractivity contribution >= 4 is 18.0 Å². The van der Waals surface area contributed by atoms with Gasteiger partial charge in [-0.2, -0.15) is 5.10 Å². The van der Waals surface area contributed by atoms with Crippen molar-refractivity contribution in [3.63, 3.8) is 0 Å². The number of hydrazone groups is 1. The van der Waals surface area contributed by atoms with E-state index < -0.39 is 18.2 Å². The third-order valence-electron chi connectivity index (χ3n) is 1.65. The molecule has 0 atom stereocenters. The van der Waals surface area contributed by atoms with E-state index >= 15 is 0 Å². The van der Waals surface area contributed by atoms with E-state index in [0.29, 0.717) is 0 Å². The van der Waals surface area contributed by atoms with Gasteiger partial charge in [0.05, 0.1) is 6.21 Å². The molecule has 1 aromatic rings. The molecule has 0 fully saturated rings. The molecule has 1 rings (SSSR count). The molecule has 0 aromatic heterocycles. The van der Waals surface area contributed by atoms with Crippen molar-refractivity contribution in [1.82, 2.24) is 10.9 Å². The van der Waals surface area contributed by atoms with E-state index in [9.17, 15) is 9.59 Å².